The summed E-state index contributed by atoms with van der Waals surface area (Å²) >= 11 is 0. The second-order valence-corrected chi connectivity index (χ2v) is 8.17. The Morgan fingerprint density at radius 2 is 1.33 bits per heavy atom. The first-order valence-corrected chi connectivity index (χ1v) is 12.0. The number of carbonyl (C=O) groups excluding carboxylic acids is 1. The Hall–Kier alpha value is -2.17. The molecule has 30 heavy (non-hydrogen) atoms. The molecule has 166 valence electrons. The molecule has 1 N–H and O–H groups in total. The molecule has 0 atom stereocenters. The van der Waals surface area contributed by atoms with Crippen LogP contribution in [-0.2, 0) is 0 Å². The van der Waals surface area contributed by atoms with Crippen LogP contribution in [0, 0.1) is 0 Å². The number of carbonyl (C=O) groups is 1. The predicted molar refractivity (Wildman–Crippen MR) is 122 cm³/mol. The number of amides is 1. The van der Waals surface area contributed by atoms with Crippen LogP contribution >= 0.6 is 0 Å². The highest BCUT2D eigenvalue weighted by Gasteiger charge is 2.07. The number of hydrogen-bond donors (Lipinski definition) is 1. The third kappa shape index (κ3) is 10.0. The molecule has 1 aromatic carbocycles. The van der Waals surface area contributed by atoms with Crippen molar-refractivity contribution in [2.24, 2.45) is 0 Å². The zero-order valence-electron chi connectivity index (χ0n) is 18.7. The average Bonchev–Trinajstić information content (AvgIpc) is 3.31. The molecule has 1 aromatic heterocycles. The SMILES string of the molecule is CCCCCCCCCCCCCCCCNC(=O)c1ccc(-c2nnco2)cc1. The number of unbranched alkanes of at least 4 members (excludes halogenated alkanes) is 13. The van der Waals surface area contributed by atoms with Gasteiger partial charge in [-0.25, -0.2) is 0 Å². The first-order valence-electron chi connectivity index (χ1n) is 12.0. The molecule has 1 amide bonds. The first-order chi connectivity index (χ1) is 14.8. The zero-order valence-corrected chi connectivity index (χ0v) is 18.7. The van der Waals surface area contributed by atoms with Gasteiger partial charge >= 0.3 is 0 Å². The Balaban J connectivity index is 1.40. The highest BCUT2D eigenvalue weighted by Crippen LogP contribution is 2.16. The lowest BCUT2D eigenvalue weighted by Crippen LogP contribution is -2.24. The first kappa shape index (κ1) is 24.1. The quantitative estimate of drug-likeness (QED) is 0.285. The van der Waals surface area contributed by atoms with E-state index in [0.29, 0.717) is 11.5 Å². The summed E-state index contributed by atoms with van der Waals surface area (Å²) in [5, 5.41) is 10.5. The molecule has 0 spiro atoms. The van der Waals surface area contributed by atoms with Gasteiger partial charge < -0.3 is 9.73 Å². The minimum atomic E-state index is -0.0261. The zero-order chi connectivity index (χ0) is 21.3. The molecule has 0 radical (unpaired) electrons. The monoisotopic (exact) mass is 413 g/mol. The summed E-state index contributed by atoms with van der Waals surface area (Å²) in [5.41, 5.74) is 1.47. The molecule has 1 heterocycles. The molecule has 0 fully saturated rings. The van der Waals surface area contributed by atoms with Crippen LogP contribution in [0.5, 0.6) is 0 Å². The number of nitrogens with zero attached hydrogens (tertiary/aromatic N) is 2. The van der Waals surface area contributed by atoms with Crippen molar-refractivity contribution in [3.05, 3.63) is 36.2 Å². The maximum absolute atomic E-state index is 12.2. The van der Waals surface area contributed by atoms with Gasteiger partial charge in [-0.2, -0.15) is 0 Å². The molecule has 0 saturated heterocycles. The van der Waals surface area contributed by atoms with Crippen molar-refractivity contribution in [2.75, 3.05) is 6.54 Å². The van der Waals surface area contributed by atoms with Crippen LogP contribution in [0.2, 0.25) is 0 Å². The van der Waals surface area contributed by atoms with Crippen LogP contribution in [0.4, 0.5) is 0 Å². The highest BCUT2D eigenvalue weighted by molar-refractivity contribution is 5.94. The second-order valence-electron chi connectivity index (χ2n) is 8.17. The number of aromatic nitrogens is 2. The Morgan fingerprint density at radius 1 is 0.800 bits per heavy atom. The van der Waals surface area contributed by atoms with E-state index < -0.39 is 0 Å². The fourth-order valence-corrected chi connectivity index (χ4v) is 3.69. The van der Waals surface area contributed by atoms with Gasteiger partial charge in [0, 0.05) is 17.7 Å². The van der Waals surface area contributed by atoms with Gasteiger partial charge in [-0.05, 0) is 30.7 Å². The van der Waals surface area contributed by atoms with Crippen LogP contribution in [0.25, 0.3) is 11.5 Å². The van der Waals surface area contributed by atoms with Gasteiger partial charge in [-0.1, -0.05) is 90.4 Å². The minimum Gasteiger partial charge on any atom is -0.423 e. The van der Waals surface area contributed by atoms with Crippen LogP contribution in [0.15, 0.2) is 35.1 Å². The van der Waals surface area contributed by atoms with Crippen LogP contribution in [0.1, 0.15) is 107 Å². The summed E-state index contributed by atoms with van der Waals surface area (Å²) in [7, 11) is 0. The highest BCUT2D eigenvalue weighted by atomic mass is 16.4. The van der Waals surface area contributed by atoms with Crippen LogP contribution in [0.3, 0.4) is 0 Å². The van der Waals surface area contributed by atoms with Crippen LogP contribution in [-0.4, -0.2) is 22.6 Å². The maximum atomic E-state index is 12.2. The van der Waals surface area contributed by atoms with Gasteiger partial charge in [0.05, 0.1) is 0 Å². The summed E-state index contributed by atoms with van der Waals surface area (Å²) < 4.78 is 5.16. The van der Waals surface area contributed by atoms with Gasteiger partial charge in [0.15, 0.2) is 0 Å². The van der Waals surface area contributed by atoms with Gasteiger partial charge in [-0.3, -0.25) is 4.79 Å². The summed E-state index contributed by atoms with van der Waals surface area (Å²) in [5.74, 6) is 0.436. The lowest BCUT2D eigenvalue weighted by Gasteiger charge is -2.06. The smallest absolute Gasteiger partial charge is 0.251 e. The molecule has 0 aliphatic heterocycles. The topological polar surface area (TPSA) is 68.0 Å². The fourth-order valence-electron chi connectivity index (χ4n) is 3.69. The molecule has 0 unspecified atom stereocenters. The largest absolute Gasteiger partial charge is 0.423 e. The number of nitrogens with one attached hydrogen (secondary N) is 1. The third-order valence-corrected chi connectivity index (χ3v) is 5.57. The Morgan fingerprint density at radius 3 is 1.83 bits per heavy atom. The van der Waals surface area contributed by atoms with Crippen molar-refractivity contribution in [1.82, 2.24) is 15.5 Å². The normalized spacial score (nSPS) is 11.0. The molecular formula is C25H39N3O2. The summed E-state index contributed by atoms with van der Waals surface area (Å²) in [4.78, 5) is 12.2. The predicted octanol–water partition coefficient (Wildman–Crippen LogP) is 6.95. The lowest BCUT2D eigenvalue weighted by atomic mass is 10.0. The number of hydrogen-bond acceptors (Lipinski definition) is 4. The summed E-state index contributed by atoms with van der Waals surface area (Å²) in [6, 6.07) is 7.24. The average molecular weight is 414 g/mol. The Kier molecular flexibility index (Phi) is 12.6. The van der Waals surface area contributed by atoms with Crippen molar-refractivity contribution in [2.45, 2.75) is 96.8 Å². The van der Waals surface area contributed by atoms with Crippen molar-refractivity contribution in [3.8, 4) is 11.5 Å². The van der Waals surface area contributed by atoms with Gasteiger partial charge in [0.2, 0.25) is 12.3 Å². The third-order valence-electron chi connectivity index (χ3n) is 5.57. The van der Waals surface area contributed by atoms with E-state index in [1.54, 1.807) is 12.1 Å². The molecule has 0 aliphatic carbocycles. The molecular weight excluding hydrogens is 374 g/mol. The van der Waals surface area contributed by atoms with E-state index in [-0.39, 0.29) is 5.91 Å². The minimum absolute atomic E-state index is 0.0261. The van der Waals surface area contributed by atoms with Crippen molar-refractivity contribution >= 4 is 5.91 Å². The Bertz CT molecular complexity index is 668. The van der Waals surface area contributed by atoms with E-state index in [1.165, 1.54) is 89.9 Å². The molecule has 2 rings (SSSR count). The van der Waals surface area contributed by atoms with E-state index in [9.17, 15) is 4.79 Å². The van der Waals surface area contributed by atoms with Crippen molar-refractivity contribution in [1.29, 1.82) is 0 Å². The molecule has 0 bridgehead atoms. The van der Waals surface area contributed by atoms with Gasteiger partial charge in [0.1, 0.15) is 0 Å². The Labute approximate surface area is 182 Å². The number of benzene rings is 1. The van der Waals surface area contributed by atoms with Gasteiger partial charge in [-0.15, -0.1) is 10.2 Å². The molecule has 0 aliphatic rings. The van der Waals surface area contributed by atoms with E-state index in [1.807, 2.05) is 12.1 Å². The molecule has 5 heteroatoms. The molecule has 5 nitrogen and oxygen atoms in total. The lowest BCUT2D eigenvalue weighted by molar-refractivity contribution is 0.0953. The van der Waals surface area contributed by atoms with Gasteiger partial charge in [0.25, 0.3) is 5.91 Å². The van der Waals surface area contributed by atoms with E-state index >= 15 is 0 Å². The molecule has 0 saturated carbocycles. The van der Waals surface area contributed by atoms with Crippen molar-refractivity contribution in [3.63, 3.8) is 0 Å². The van der Waals surface area contributed by atoms with E-state index in [2.05, 4.69) is 22.4 Å². The molecule has 2 aromatic rings. The number of rotatable bonds is 17. The van der Waals surface area contributed by atoms with E-state index in [4.69, 9.17) is 4.42 Å². The van der Waals surface area contributed by atoms with Crippen molar-refractivity contribution < 1.29 is 9.21 Å². The van der Waals surface area contributed by atoms with Crippen LogP contribution < -0.4 is 5.32 Å². The van der Waals surface area contributed by atoms with E-state index in [0.717, 1.165) is 18.5 Å². The standard InChI is InChI=1S/C25H39N3O2/c1-2-3-4-5-6-7-8-9-10-11-12-13-14-15-20-26-24(29)22-16-18-23(19-17-22)25-28-27-21-30-25/h16-19,21H,2-15,20H2,1H3,(H,26,29). The second kappa shape index (κ2) is 15.6. The maximum Gasteiger partial charge on any atom is 0.251 e. The summed E-state index contributed by atoms with van der Waals surface area (Å²) in [6.07, 6.45) is 20.1. The fraction of sp³-hybridized carbons (Fsp3) is 0.640. The summed E-state index contributed by atoms with van der Waals surface area (Å²) in [6.45, 7) is 3.01.